The van der Waals surface area contributed by atoms with Crippen LogP contribution < -0.4 is 5.73 Å². The Bertz CT molecular complexity index is 798. The minimum absolute atomic E-state index is 0.0232. The molecule has 0 amide bonds. The van der Waals surface area contributed by atoms with Crippen molar-refractivity contribution in [2.45, 2.75) is 45.7 Å². The number of imidazole rings is 1. The molecule has 0 spiro atoms. The molecule has 0 radical (unpaired) electrons. The lowest BCUT2D eigenvalue weighted by molar-refractivity contribution is -0.115. The van der Waals surface area contributed by atoms with Crippen molar-refractivity contribution in [1.82, 2.24) is 19.5 Å². The normalized spacial score (nSPS) is 14.5. The molecule has 0 unspecified atom stereocenters. The average molecular weight is 389 g/mol. The lowest BCUT2D eigenvalue weighted by atomic mass is 9.95. The van der Waals surface area contributed by atoms with Crippen molar-refractivity contribution in [1.29, 1.82) is 0 Å². The molecule has 26 heavy (non-hydrogen) atoms. The van der Waals surface area contributed by atoms with Gasteiger partial charge in [-0.15, -0.1) is 0 Å². The third kappa shape index (κ3) is 3.59. The molecule has 0 bridgehead atoms. The van der Waals surface area contributed by atoms with Gasteiger partial charge in [-0.1, -0.05) is 27.7 Å². The minimum Gasteiger partial charge on any atom is -0.382 e. The second-order valence-corrected chi connectivity index (χ2v) is 8.61. The van der Waals surface area contributed by atoms with Crippen LogP contribution in [-0.2, 0) is 15.8 Å². The maximum atomic E-state index is 13.7. The quantitative estimate of drug-likeness (QED) is 0.583. The van der Waals surface area contributed by atoms with Crippen molar-refractivity contribution in [3.63, 3.8) is 0 Å². The first-order valence-corrected chi connectivity index (χ1v) is 9.86. The van der Waals surface area contributed by atoms with E-state index in [1.807, 2.05) is 0 Å². The van der Waals surface area contributed by atoms with E-state index in [0.717, 1.165) is 0 Å². The highest BCUT2D eigenvalue weighted by molar-refractivity contribution is 7.53. The van der Waals surface area contributed by atoms with Gasteiger partial charge in [0.1, 0.15) is 24.6 Å². The fourth-order valence-corrected chi connectivity index (χ4v) is 4.95. The third-order valence-corrected chi connectivity index (χ3v) is 6.52. The van der Waals surface area contributed by atoms with E-state index in [2.05, 4.69) is 15.0 Å². The molecule has 9 nitrogen and oxygen atoms in total. The predicted molar refractivity (Wildman–Crippen MR) is 95.0 cm³/mol. The van der Waals surface area contributed by atoms with Crippen molar-refractivity contribution in [2.75, 3.05) is 12.4 Å². The van der Waals surface area contributed by atoms with Gasteiger partial charge < -0.3 is 24.8 Å². The number of nitrogens with zero attached hydrogens (tertiary/aromatic N) is 4. The molecule has 0 fully saturated rings. The monoisotopic (exact) mass is 389 g/mol. The second-order valence-electron chi connectivity index (χ2n) is 6.83. The molecule has 0 aliphatic rings. The zero-order valence-electron chi connectivity index (χ0n) is 15.2. The molecule has 0 aromatic carbocycles. The molecule has 2 rings (SSSR count). The zero-order chi connectivity index (χ0) is 19.7. The van der Waals surface area contributed by atoms with Crippen LogP contribution in [0.25, 0.3) is 11.2 Å². The molecular formula is C15H25FN5O4P. The molecule has 0 aliphatic carbocycles. The summed E-state index contributed by atoms with van der Waals surface area (Å²) >= 11 is 0. The van der Waals surface area contributed by atoms with Crippen LogP contribution in [0.3, 0.4) is 0 Å². The van der Waals surface area contributed by atoms with Gasteiger partial charge in [0.15, 0.2) is 16.8 Å². The number of halogens is 1. The summed E-state index contributed by atoms with van der Waals surface area (Å²) in [7, 11) is -4.69. The number of rotatable bonds is 8. The Morgan fingerprint density at radius 1 is 1.27 bits per heavy atom. The van der Waals surface area contributed by atoms with Gasteiger partial charge in [0.25, 0.3) is 0 Å². The molecule has 0 saturated carbocycles. The van der Waals surface area contributed by atoms with Crippen LogP contribution >= 0.6 is 7.60 Å². The van der Waals surface area contributed by atoms with Gasteiger partial charge in [-0.2, -0.15) is 0 Å². The minimum atomic E-state index is -4.69. The Morgan fingerprint density at radius 3 is 2.38 bits per heavy atom. The summed E-state index contributed by atoms with van der Waals surface area (Å²) in [5.41, 5.74) is 6.51. The molecule has 4 N–H and O–H groups in total. The largest absolute Gasteiger partial charge is 0.382 e. The summed E-state index contributed by atoms with van der Waals surface area (Å²) in [5.74, 6) is -0.870. The zero-order valence-corrected chi connectivity index (χ0v) is 16.1. The summed E-state index contributed by atoms with van der Waals surface area (Å²) in [6.07, 6.45) is 1.59. The molecule has 0 aliphatic heterocycles. The summed E-state index contributed by atoms with van der Waals surface area (Å²) in [6, 6.07) is 0. The Kier molecular flexibility index (Phi) is 6.02. The van der Waals surface area contributed by atoms with Gasteiger partial charge in [0.2, 0.25) is 0 Å². The molecule has 146 valence electrons. The summed E-state index contributed by atoms with van der Waals surface area (Å²) in [5, 5.41) is -1.80. The first-order valence-electron chi connectivity index (χ1n) is 8.25. The Balaban J connectivity index is 2.37. The highest BCUT2D eigenvalue weighted by atomic mass is 31.2. The highest BCUT2D eigenvalue weighted by Crippen LogP contribution is 2.59. The first-order chi connectivity index (χ1) is 12.0. The highest BCUT2D eigenvalue weighted by Gasteiger charge is 2.54. The SMILES string of the molecule is CC(C)C(O[C@H](CF)Cn1cnc2c(N)ncnc21)(C(C)C)P(=O)(O)O. The Labute approximate surface area is 151 Å². The summed E-state index contributed by atoms with van der Waals surface area (Å²) < 4.78 is 33.2. The fraction of sp³-hybridized carbons (Fsp3) is 0.667. The van der Waals surface area contributed by atoms with Gasteiger partial charge in [-0.3, -0.25) is 4.57 Å². The van der Waals surface area contributed by atoms with E-state index in [9.17, 15) is 18.7 Å². The number of fused-ring (bicyclic) bond motifs is 1. The fourth-order valence-electron chi connectivity index (χ4n) is 3.32. The van der Waals surface area contributed by atoms with Gasteiger partial charge in [-0.05, 0) is 11.8 Å². The van der Waals surface area contributed by atoms with Crippen LogP contribution in [0.4, 0.5) is 10.2 Å². The van der Waals surface area contributed by atoms with Crippen LogP contribution in [0, 0.1) is 11.8 Å². The summed E-state index contributed by atoms with van der Waals surface area (Å²) in [6.45, 7) is 5.64. The number of anilines is 1. The van der Waals surface area contributed by atoms with Gasteiger partial charge in [0.05, 0.1) is 12.9 Å². The maximum Gasteiger partial charge on any atom is 0.357 e. The van der Waals surface area contributed by atoms with Crippen molar-refractivity contribution in [3.8, 4) is 0 Å². The van der Waals surface area contributed by atoms with Crippen molar-refractivity contribution in [3.05, 3.63) is 12.7 Å². The van der Waals surface area contributed by atoms with Gasteiger partial charge >= 0.3 is 7.60 Å². The van der Waals surface area contributed by atoms with Gasteiger partial charge in [0, 0.05) is 0 Å². The van der Waals surface area contributed by atoms with E-state index in [4.69, 9.17) is 10.5 Å². The Hall–Kier alpha value is -1.61. The molecule has 2 heterocycles. The topological polar surface area (TPSA) is 136 Å². The molecule has 1 atom stereocenters. The molecular weight excluding hydrogens is 364 g/mol. The number of hydrogen-bond donors (Lipinski definition) is 3. The standard InChI is InChI=1S/C15H25FN5O4P/c1-9(2)15(10(3)4,26(22,23)24)25-11(5-16)6-21-8-20-12-13(17)18-7-19-14(12)21/h7-11H,5-6H2,1-4H3,(H2,17,18,19)(H2,22,23,24)/t11-/m1/s1. The molecule has 2 aromatic rings. The maximum absolute atomic E-state index is 13.7. The van der Waals surface area contributed by atoms with Crippen LogP contribution in [0.5, 0.6) is 0 Å². The number of hydrogen-bond acceptors (Lipinski definition) is 6. The van der Waals surface area contributed by atoms with E-state index in [1.54, 1.807) is 27.7 Å². The lowest BCUT2D eigenvalue weighted by Gasteiger charge is -2.43. The van der Waals surface area contributed by atoms with E-state index in [0.29, 0.717) is 11.2 Å². The van der Waals surface area contributed by atoms with Gasteiger partial charge in [-0.25, -0.2) is 19.3 Å². The third-order valence-electron chi connectivity index (χ3n) is 4.47. The van der Waals surface area contributed by atoms with Crippen molar-refractivity contribution in [2.24, 2.45) is 11.8 Å². The first kappa shape index (κ1) is 20.7. The molecule has 0 saturated heterocycles. The van der Waals surface area contributed by atoms with E-state index in [-0.39, 0.29) is 12.4 Å². The second kappa shape index (κ2) is 7.56. The number of nitrogens with two attached hydrogens (primary N) is 1. The number of alkyl halides is 1. The molecule has 2 aromatic heterocycles. The van der Waals surface area contributed by atoms with Crippen LogP contribution in [-0.4, -0.2) is 47.4 Å². The number of ether oxygens (including phenoxy) is 1. The van der Waals surface area contributed by atoms with Crippen LogP contribution in [0.1, 0.15) is 27.7 Å². The molecule has 11 heteroatoms. The smallest absolute Gasteiger partial charge is 0.357 e. The van der Waals surface area contributed by atoms with Crippen LogP contribution in [0.15, 0.2) is 12.7 Å². The summed E-state index contributed by atoms with van der Waals surface area (Å²) in [4.78, 5) is 31.9. The lowest BCUT2D eigenvalue weighted by Crippen LogP contribution is -2.47. The van der Waals surface area contributed by atoms with Crippen molar-refractivity contribution >= 4 is 24.6 Å². The van der Waals surface area contributed by atoms with E-state index in [1.165, 1.54) is 17.2 Å². The number of aromatic nitrogens is 4. The Morgan fingerprint density at radius 2 is 1.88 bits per heavy atom. The van der Waals surface area contributed by atoms with E-state index < -0.39 is 37.6 Å². The average Bonchev–Trinajstić information content (AvgIpc) is 2.93. The predicted octanol–water partition coefficient (Wildman–Crippen LogP) is 1.95. The van der Waals surface area contributed by atoms with Crippen molar-refractivity contribution < 1.29 is 23.5 Å². The van der Waals surface area contributed by atoms with E-state index >= 15 is 0 Å². The number of nitrogen functional groups attached to an aromatic ring is 1. The van der Waals surface area contributed by atoms with Crippen LogP contribution in [0.2, 0.25) is 0 Å².